The lowest BCUT2D eigenvalue weighted by atomic mass is 10.1. The highest BCUT2D eigenvalue weighted by molar-refractivity contribution is 5.94. The Hall–Kier alpha value is -2.49. The lowest BCUT2D eigenvalue weighted by Gasteiger charge is -2.15. The van der Waals surface area contributed by atoms with E-state index in [1.54, 1.807) is 13.2 Å². The second-order valence-electron chi connectivity index (χ2n) is 6.29. The number of hydrogen-bond donors (Lipinski definition) is 1. The monoisotopic (exact) mass is 341 g/mol. The summed E-state index contributed by atoms with van der Waals surface area (Å²) in [6.07, 6.45) is 2.00. The van der Waals surface area contributed by atoms with Gasteiger partial charge in [-0.15, -0.1) is 0 Å². The van der Waals surface area contributed by atoms with Gasteiger partial charge in [0.25, 0.3) is 5.91 Å². The molecule has 0 saturated carbocycles. The van der Waals surface area contributed by atoms with Gasteiger partial charge in [-0.1, -0.05) is 25.5 Å². The maximum absolute atomic E-state index is 12.4. The van der Waals surface area contributed by atoms with Crippen LogP contribution in [-0.4, -0.2) is 19.1 Å². The topological polar surface area (TPSA) is 47.6 Å². The van der Waals surface area contributed by atoms with Gasteiger partial charge in [0, 0.05) is 17.2 Å². The summed E-state index contributed by atoms with van der Waals surface area (Å²) in [6.45, 7) is 6.50. The van der Waals surface area contributed by atoms with Crippen molar-refractivity contribution in [2.24, 2.45) is 0 Å². The number of carbonyl (C=O) groups is 1. The number of methoxy groups -OCH3 is 1. The minimum absolute atomic E-state index is 0.0691. The van der Waals surface area contributed by atoms with Gasteiger partial charge in [0.05, 0.1) is 7.11 Å². The van der Waals surface area contributed by atoms with Crippen LogP contribution >= 0.6 is 0 Å². The van der Waals surface area contributed by atoms with Crippen molar-refractivity contribution in [1.82, 2.24) is 5.32 Å². The molecule has 4 nitrogen and oxygen atoms in total. The smallest absolute Gasteiger partial charge is 0.251 e. The van der Waals surface area contributed by atoms with Crippen LogP contribution in [0.2, 0.25) is 0 Å². The number of ether oxygens (including phenoxy) is 2. The number of rotatable bonds is 8. The summed E-state index contributed by atoms with van der Waals surface area (Å²) in [7, 11) is 1.62. The maximum Gasteiger partial charge on any atom is 0.251 e. The van der Waals surface area contributed by atoms with E-state index in [2.05, 4.69) is 12.2 Å². The molecule has 0 spiro atoms. The third-order valence-corrected chi connectivity index (χ3v) is 4.03. The average Bonchev–Trinajstić information content (AvgIpc) is 2.60. The molecule has 4 heteroatoms. The van der Waals surface area contributed by atoms with Crippen molar-refractivity contribution < 1.29 is 14.3 Å². The summed E-state index contributed by atoms with van der Waals surface area (Å²) in [5, 5.41) is 3.02. The van der Waals surface area contributed by atoms with Crippen molar-refractivity contribution in [3.63, 3.8) is 0 Å². The first-order chi connectivity index (χ1) is 12.0. The summed E-state index contributed by atoms with van der Waals surface area (Å²) < 4.78 is 11.3. The first-order valence-electron chi connectivity index (χ1n) is 8.70. The van der Waals surface area contributed by atoms with Gasteiger partial charge in [0.2, 0.25) is 0 Å². The molecule has 2 aromatic rings. The lowest BCUT2D eigenvalue weighted by molar-refractivity contribution is 0.0938. The molecule has 2 aromatic carbocycles. The third kappa shape index (κ3) is 5.52. The Labute approximate surface area is 150 Å². The van der Waals surface area contributed by atoms with Crippen LogP contribution in [0.25, 0.3) is 0 Å². The van der Waals surface area contributed by atoms with Gasteiger partial charge in [-0.2, -0.15) is 0 Å². The van der Waals surface area contributed by atoms with Gasteiger partial charge in [0.1, 0.15) is 18.1 Å². The predicted molar refractivity (Wildman–Crippen MR) is 100 cm³/mol. The third-order valence-electron chi connectivity index (χ3n) is 4.03. The van der Waals surface area contributed by atoms with E-state index in [4.69, 9.17) is 9.47 Å². The van der Waals surface area contributed by atoms with Crippen LogP contribution in [0.3, 0.4) is 0 Å². The summed E-state index contributed by atoms with van der Waals surface area (Å²) in [4.78, 5) is 12.4. The van der Waals surface area contributed by atoms with Crippen molar-refractivity contribution >= 4 is 5.91 Å². The van der Waals surface area contributed by atoms with E-state index in [0.29, 0.717) is 17.9 Å². The molecule has 0 aliphatic rings. The molecule has 1 unspecified atom stereocenters. The van der Waals surface area contributed by atoms with Crippen LogP contribution in [0.15, 0.2) is 42.5 Å². The molecule has 0 saturated heterocycles. The fraction of sp³-hybridized carbons (Fsp3) is 0.381. The minimum Gasteiger partial charge on any atom is -0.496 e. The van der Waals surface area contributed by atoms with Gasteiger partial charge in [-0.05, 0) is 56.2 Å². The normalized spacial score (nSPS) is 11.7. The molecule has 0 aromatic heterocycles. The molecule has 134 valence electrons. The van der Waals surface area contributed by atoms with E-state index >= 15 is 0 Å². The molecule has 0 radical (unpaired) electrons. The van der Waals surface area contributed by atoms with Gasteiger partial charge in [-0.3, -0.25) is 4.79 Å². The predicted octanol–water partition coefficient (Wildman–Crippen LogP) is 4.50. The Balaban J connectivity index is 2.12. The highest BCUT2D eigenvalue weighted by Gasteiger charge is 2.13. The molecule has 1 atom stereocenters. The Kier molecular flexibility index (Phi) is 6.87. The largest absolute Gasteiger partial charge is 0.496 e. The molecule has 1 amide bonds. The highest BCUT2D eigenvalue weighted by Crippen LogP contribution is 2.23. The molecule has 2 rings (SSSR count). The molecule has 0 aliphatic heterocycles. The van der Waals surface area contributed by atoms with Crippen LogP contribution in [0.1, 0.15) is 48.2 Å². The van der Waals surface area contributed by atoms with E-state index in [9.17, 15) is 4.79 Å². The van der Waals surface area contributed by atoms with Crippen LogP contribution in [-0.2, 0) is 6.61 Å². The molecular formula is C21H27NO3. The number of benzene rings is 2. The van der Waals surface area contributed by atoms with Gasteiger partial charge >= 0.3 is 0 Å². The van der Waals surface area contributed by atoms with Crippen molar-refractivity contribution in [3.05, 3.63) is 59.2 Å². The second-order valence-corrected chi connectivity index (χ2v) is 6.29. The summed E-state index contributed by atoms with van der Waals surface area (Å²) in [5.41, 5.74) is 2.61. The first-order valence-corrected chi connectivity index (χ1v) is 8.70. The van der Waals surface area contributed by atoms with E-state index in [0.717, 1.165) is 29.7 Å². The molecule has 1 N–H and O–H groups in total. The Bertz CT molecular complexity index is 712. The number of amides is 1. The quantitative estimate of drug-likeness (QED) is 0.769. The minimum atomic E-state index is -0.0691. The van der Waals surface area contributed by atoms with E-state index in [-0.39, 0.29) is 11.9 Å². The molecule has 0 bridgehead atoms. The molecule has 0 aliphatic carbocycles. The summed E-state index contributed by atoms with van der Waals surface area (Å²) >= 11 is 0. The summed E-state index contributed by atoms with van der Waals surface area (Å²) in [6, 6.07) is 13.5. The second kappa shape index (κ2) is 9.11. The Morgan fingerprint density at radius 2 is 2.00 bits per heavy atom. The lowest BCUT2D eigenvalue weighted by Crippen LogP contribution is -2.32. The van der Waals surface area contributed by atoms with Crippen LogP contribution < -0.4 is 14.8 Å². The Morgan fingerprint density at radius 1 is 1.20 bits per heavy atom. The molecule has 0 fully saturated rings. The fourth-order valence-corrected chi connectivity index (χ4v) is 2.71. The number of nitrogens with one attached hydrogen (secondary N) is 1. The van der Waals surface area contributed by atoms with E-state index in [1.165, 1.54) is 0 Å². The van der Waals surface area contributed by atoms with Crippen LogP contribution in [0.4, 0.5) is 0 Å². The van der Waals surface area contributed by atoms with Crippen molar-refractivity contribution in [2.45, 2.75) is 46.3 Å². The summed E-state index contributed by atoms with van der Waals surface area (Å²) in [5.74, 6) is 1.44. The highest BCUT2D eigenvalue weighted by atomic mass is 16.5. The van der Waals surface area contributed by atoms with Gasteiger partial charge in [-0.25, -0.2) is 0 Å². The molecule has 0 heterocycles. The SMILES string of the molecule is CCCC(C)NC(=O)c1ccc(OC)c(COc2cccc(C)c2)c1. The molecule has 25 heavy (non-hydrogen) atoms. The van der Waals surface area contributed by atoms with E-state index < -0.39 is 0 Å². The number of hydrogen-bond acceptors (Lipinski definition) is 3. The zero-order valence-corrected chi connectivity index (χ0v) is 15.5. The first kappa shape index (κ1) is 18.8. The fourth-order valence-electron chi connectivity index (χ4n) is 2.71. The number of carbonyl (C=O) groups excluding carboxylic acids is 1. The van der Waals surface area contributed by atoms with Gasteiger partial charge < -0.3 is 14.8 Å². The van der Waals surface area contributed by atoms with Gasteiger partial charge in [0.15, 0.2) is 0 Å². The van der Waals surface area contributed by atoms with Crippen LogP contribution in [0.5, 0.6) is 11.5 Å². The zero-order valence-electron chi connectivity index (χ0n) is 15.5. The molecular weight excluding hydrogens is 314 g/mol. The van der Waals surface area contributed by atoms with Crippen molar-refractivity contribution in [2.75, 3.05) is 7.11 Å². The maximum atomic E-state index is 12.4. The van der Waals surface area contributed by atoms with Crippen LogP contribution in [0, 0.1) is 6.92 Å². The zero-order chi connectivity index (χ0) is 18.2. The van der Waals surface area contributed by atoms with Crippen molar-refractivity contribution in [3.8, 4) is 11.5 Å². The number of aryl methyl sites for hydroxylation is 1. The average molecular weight is 341 g/mol. The van der Waals surface area contributed by atoms with Crippen molar-refractivity contribution in [1.29, 1.82) is 0 Å². The standard InChI is InChI=1S/C21H27NO3/c1-5-7-16(3)22-21(23)17-10-11-20(24-4)18(13-17)14-25-19-9-6-8-15(2)12-19/h6,8-13,16H,5,7,14H2,1-4H3,(H,22,23). The Morgan fingerprint density at radius 3 is 2.68 bits per heavy atom. The van der Waals surface area contributed by atoms with E-state index in [1.807, 2.05) is 50.2 Å².